The Labute approximate surface area is 106 Å². The molecule has 0 saturated carbocycles. The molecule has 4 heteroatoms. The van der Waals surface area contributed by atoms with Crippen LogP contribution in [0.1, 0.15) is 12.5 Å². The zero-order valence-electron chi connectivity index (χ0n) is 9.57. The lowest BCUT2D eigenvalue weighted by Gasteiger charge is -2.09. The number of nitrogen functional groups attached to an aromatic ring is 1. The highest BCUT2D eigenvalue weighted by molar-refractivity contribution is 6.30. The normalized spacial score (nSPS) is 10.2. The average molecular weight is 248 g/mol. The van der Waals surface area contributed by atoms with Crippen LogP contribution in [0.15, 0.2) is 36.5 Å². The van der Waals surface area contributed by atoms with Crippen molar-refractivity contribution in [3.8, 4) is 0 Å². The molecule has 2 rings (SSSR count). The Morgan fingerprint density at radius 2 is 2.18 bits per heavy atom. The van der Waals surface area contributed by atoms with Crippen molar-refractivity contribution in [3.63, 3.8) is 0 Å². The van der Waals surface area contributed by atoms with Crippen molar-refractivity contribution in [2.45, 2.75) is 13.3 Å². The summed E-state index contributed by atoms with van der Waals surface area (Å²) in [7, 11) is 0. The molecule has 0 unspecified atom stereocenters. The molecule has 1 aromatic carbocycles. The Balaban J connectivity index is 2.25. The van der Waals surface area contributed by atoms with Crippen LogP contribution in [0.5, 0.6) is 0 Å². The molecule has 0 spiro atoms. The molecule has 2 aromatic rings. The first-order chi connectivity index (χ1) is 8.19. The van der Waals surface area contributed by atoms with E-state index in [0.717, 1.165) is 12.1 Å². The summed E-state index contributed by atoms with van der Waals surface area (Å²) in [4.78, 5) is 4.16. The summed E-state index contributed by atoms with van der Waals surface area (Å²) in [6.07, 6.45) is 2.57. The Kier molecular flexibility index (Phi) is 3.49. The number of benzene rings is 1. The van der Waals surface area contributed by atoms with Crippen molar-refractivity contribution in [2.24, 2.45) is 0 Å². The molecule has 1 heterocycles. The third-order valence-electron chi connectivity index (χ3n) is 2.48. The van der Waals surface area contributed by atoms with Crippen molar-refractivity contribution in [3.05, 3.63) is 47.1 Å². The van der Waals surface area contributed by atoms with E-state index in [4.69, 9.17) is 17.3 Å². The molecule has 88 valence electrons. The highest BCUT2D eigenvalue weighted by atomic mass is 35.5. The lowest BCUT2D eigenvalue weighted by molar-refractivity contribution is 1.14. The highest BCUT2D eigenvalue weighted by Crippen LogP contribution is 2.23. The second-order valence-electron chi connectivity index (χ2n) is 3.77. The molecule has 0 radical (unpaired) electrons. The number of hydrogen-bond donors (Lipinski definition) is 2. The number of hydrogen-bond acceptors (Lipinski definition) is 3. The number of nitrogens with one attached hydrogen (secondary N) is 1. The van der Waals surface area contributed by atoms with Crippen molar-refractivity contribution >= 4 is 28.8 Å². The third-order valence-corrected chi connectivity index (χ3v) is 2.69. The third kappa shape index (κ3) is 2.88. The van der Waals surface area contributed by atoms with E-state index in [-0.39, 0.29) is 0 Å². The zero-order chi connectivity index (χ0) is 12.3. The van der Waals surface area contributed by atoms with Crippen LogP contribution in [0, 0.1) is 0 Å². The van der Waals surface area contributed by atoms with Crippen LogP contribution in [0.4, 0.5) is 17.2 Å². The monoisotopic (exact) mass is 247 g/mol. The fourth-order valence-electron chi connectivity index (χ4n) is 1.57. The maximum atomic E-state index is 5.83. The van der Waals surface area contributed by atoms with E-state index in [0.29, 0.717) is 16.5 Å². The largest absolute Gasteiger partial charge is 0.396 e. The van der Waals surface area contributed by atoms with Gasteiger partial charge in [-0.05, 0) is 30.2 Å². The summed E-state index contributed by atoms with van der Waals surface area (Å²) in [5, 5.41) is 3.72. The fraction of sp³-hybridized carbons (Fsp3) is 0.154. The number of rotatable bonds is 3. The van der Waals surface area contributed by atoms with Gasteiger partial charge in [-0.1, -0.05) is 30.7 Å². The molecule has 0 saturated heterocycles. The summed E-state index contributed by atoms with van der Waals surface area (Å²) in [5.41, 5.74) is 8.62. The average Bonchev–Trinajstić information content (AvgIpc) is 2.33. The van der Waals surface area contributed by atoms with Gasteiger partial charge in [0.05, 0.1) is 10.7 Å². The minimum atomic E-state index is 0.537. The van der Waals surface area contributed by atoms with E-state index >= 15 is 0 Å². The van der Waals surface area contributed by atoms with Crippen molar-refractivity contribution < 1.29 is 0 Å². The molecule has 0 aliphatic heterocycles. The Morgan fingerprint density at radius 3 is 2.88 bits per heavy atom. The molecule has 1 aromatic heterocycles. The van der Waals surface area contributed by atoms with Gasteiger partial charge in [-0.25, -0.2) is 4.98 Å². The molecule has 0 fully saturated rings. The second kappa shape index (κ2) is 5.06. The van der Waals surface area contributed by atoms with Crippen molar-refractivity contribution in [1.82, 2.24) is 4.98 Å². The van der Waals surface area contributed by atoms with Gasteiger partial charge in [0.2, 0.25) is 0 Å². The molecular formula is C13H14ClN3. The van der Waals surface area contributed by atoms with Gasteiger partial charge in [-0.3, -0.25) is 0 Å². The Hall–Kier alpha value is -1.74. The number of nitrogens with two attached hydrogens (primary N) is 1. The second-order valence-corrected chi connectivity index (χ2v) is 4.21. The topological polar surface area (TPSA) is 50.9 Å². The van der Waals surface area contributed by atoms with Gasteiger partial charge in [0.15, 0.2) is 5.82 Å². The molecule has 3 nitrogen and oxygen atoms in total. The van der Waals surface area contributed by atoms with Crippen LogP contribution in [0.25, 0.3) is 0 Å². The lowest BCUT2D eigenvalue weighted by atomic mass is 10.1. The first-order valence-electron chi connectivity index (χ1n) is 5.46. The number of halogens is 1. The maximum Gasteiger partial charge on any atom is 0.153 e. The van der Waals surface area contributed by atoms with Crippen molar-refractivity contribution in [2.75, 3.05) is 11.1 Å². The SMILES string of the molecule is CCc1cccc(Nc2ncc(Cl)cc2N)c1. The first-order valence-corrected chi connectivity index (χ1v) is 5.84. The molecule has 17 heavy (non-hydrogen) atoms. The van der Waals surface area contributed by atoms with E-state index in [1.807, 2.05) is 12.1 Å². The van der Waals surface area contributed by atoms with Gasteiger partial charge in [-0.2, -0.15) is 0 Å². The predicted octanol–water partition coefficient (Wildman–Crippen LogP) is 3.62. The molecule has 0 aliphatic carbocycles. The van der Waals surface area contributed by atoms with Gasteiger partial charge < -0.3 is 11.1 Å². The van der Waals surface area contributed by atoms with Crippen LogP contribution in [-0.4, -0.2) is 4.98 Å². The van der Waals surface area contributed by atoms with E-state index in [1.165, 1.54) is 5.56 Å². The first kappa shape index (κ1) is 11.7. The van der Waals surface area contributed by atoms with E-state index in [9.17, 15) is 0 Å². The standard InChI is InChI=1S/C13H14ClN3/c1-2-9-4-3-5-11(6-9)17-13-12(15)7-10(14)8-16-13/h3-8H,2,15H2,1H3,(H,16,17). The van der Waals surface area contributed by atoms with Gasteiger partial charge in [0.1, 0.15) is 0 Å². The summed E-state index contributed by atoms with van der Waals surface area (Å²) in [6.45, 7) is 2.12. The van der Waals surface area contributed by atoms with Crippen LogP contribution in [0.2, 0.25) is 5.02 Å². The van der Waals surface area contributed by atoms with Gasteiger partial charge >= 0.3 is 0 Å². The number of aromatic nitrogens is 1. The summed E-state index contributed by atoms with van der Waals surface area (Å²) < 4.78 is 0. The zero-order valence-corrected chi connectivity index (χ0v) is 10.3. The molecule has 0 bridgehead atoms. The minimum absolute atomic E-state index is 0.537. The summed E-state index contributed by atoms with van der Waals surface area (Å²) in [6, 6.07) is 9.84. The number of anilines is 3. The lowest BCUT2D eigenvalue weighted by Crippen LogP contribution is -1.99. The Morgan fingerprint density at radius 1 is 1.35 bits per heavy atom. The van der Waals surface area contributed by atoms with Gasteiger partial charge in [0, 0.05) is 11.9 Å². The van der Waals surface area contributed by atoms with Crippen LogP contribution in [0.3, 0.4) is 0 Å². The van der Waals surface area contributed by atoms with Crippen LogP contribution < -0.4 is 11.1 Å². The molecule has 0 aliphatic rings. The van der Waals surface area contributed by atoms with Crippen molar-refractivity contribution in [1.29, 1.82) is 0 Å². The predicted molar refractivity (Wildman–Crippen MR) is 72.8 cm³/mol. The van der Waals surface area contributed by atoms with Gasteiger partial charge in [-0.15, -0.1) is 0 Å². The van der Waals surface area contributed by atoms with E-state index in [2.05, 4.69) is 29.4 Å². The number of aryl methyl sites for hydroxylation is 1. The van der Waals surface area contributed by atoms with E-state index in [1.54, 1.807) is 12.3 Å². The van der Waals surface area contributed by atoms with Crippen LogP contribution in [-0.2, 0) is 6.42 Å². The molecule has 0 atom stereocenters. The minimum Gasteiger partial charge on any atom is -0.396 e. The quantitative estimate of drug-likeness (QED) is 0.871. The smallest absolute Gasteiger partial charge is 0.153 e. The molecule has 0 amide bonds. The molecule has 3 N–H and O–H groups in total. The summed E-state index contributed by atoms with van der Waals surface area (Å²) >= 11 is 5.80. The molecular weight excluding hydrogens is 234 g/mol. The Bertz CT molecular complexity index is 526. The van der Waals surface area contributed by atoms with E-state index < -0.39 is 0 Å². The number of nitrogens with zero attached hydrogens (tertiary/aromatic N) is 1. The number of pyridine rings is 1. The maximum absolute atomic E-state index is 5.83. The fourth-order valence-corrected chi connectivity index (χ4v) is 1.73. The highest BCUT2D eigenvalue weighted by Gasteiger charge is 2.02. The van der Waals surface area contributed by atoms with Crippen LogP contribution >= 0.6 is 11.6 Å². The van der Waals surface area contributed by atoms with Gasteiger partial charge in [0.25, 0.3) is 0 Å². The summed E-state index contributed by atoms with van der Waals surface area (Å²) in [5.74, 6) is 0.627.